The van der Waals surface area contributed by atoms with Gasteiger partial charge in [-0.1, -0.05) is 37.6 Å². The third-order valence-electron chi connectivity index (χ3n) is 4.48. The van der Waals surface area contributed by atoms with Crippen molar-refractivity contribution >= 4 is 38.8 Å². The van der Waals surface area contributed by atoms with Gasteiger partial charge in [0, 0.05) is 18.4 Å². The first-order valence-electron chi connectivity index (χ1n) is 8.97. The molecule has 0 bridgehead atoms. The summed E-state index contributed by atoms with van der Waals surface area (Å²) in [6.45, 7) is 2.74. The van der Waals surface area contributed by atoms with Gasteiger partial charge in [0.2, 0.25) is 0 Å². The molecule has 0 aliphatic carbocycles. The van der Waals surface area contributed by atoms with Gasteiger partial charge in [-0.05, 0) is 36.8 Å². The predicted molar refractivity (Wildman–Crippen MR) is 110 cm³/mol. The highest BCUT2D eigenvalue weighted by atomic mass is 32.1. The number of nitrogens with zero attached hydrogens (tertiary/aromatic N) is 3. The third-order valence-corrected chi connectivity index (χ3v) is 5.49. The molecule has 1 aromatic carbocycles. The number of para-hydroxylation sites is 1. The Balaban J connectivity index is 1.79. The molecule has 0 saturated carbocycles. The van der Waals surface area contributed by atoms with Crippen LogP contribution in [-0.4, -0.2) is 21.8 Å². The number of rotatable bonds is 5. The summed E-state index contributed by atoms with van der Waals surface area (Å²) >= 11 is 1.28. The second-order valence-electron chi connectivity index (χ2n) is 6.32. The molecule has 0 aliphatic heterocycles. The third kappa shape index (κ3) is 3.24. The van der Waals surface area contributed by atoms with Crippen LogP contribution in [0.4, 0.5) is 5.69 Å². The van der Waals surface area contributed by atoms with Crippen LogP contribution < -0.4 is 10.5 Å². The lowest BCUT2D eigenvalue weighted by Gasteiger charge is -2.22. The molecule has 0 saturated heterocycles. The summed E-state index contributed by atoms with van der Waals surface area (Å²) < 4.78 is 1.51. The van der Waals surface area contributed by atoms with Crippen LogP contribution in [-0.2, 0) is 0 Å². The minimum atomic E-state index is -0.147. The number of benzene rings is 1. The Labute approximate surface area is 160 Å². The van der Waals surface area contributed by atoms with Crippen molar-refractivity contribution in [1.82, 2.24) is 9.38 Å². The maximum absolute atomic E-state index is 13.2. The Morgan fingerprint density at radius 3 is 2.70 bits per heavy atom. The van der Waals surface area contributed by atoms with E-state index in [9.17, 15) is 9.59 Å². The molecule has 0 spiro atoms. The Morgan fingerprint density at radius 2 is 1.93 bits per heavy atom. The quantitative estimate of drug-likeness (QED) is 0.519. The first-order chi connectivity index (χ1) is 13.2. The number of amides is 1. The van der Waals surface area contributed by atoms with Crippen molar-refractivity contribution in [3.05, 3.63) is 76.0 Å². The molecule has 0 unspecified atom stereocenters. The zero-order valence-electron chi connectivity index (χ0n) is 15.0. The largest absolute Gasteiger partial charge is 0.308 e. The van der Waals surface area contributed by atoms with Crippen LogP contribution in [0, 0.1) is 0 Å². The summed E-state index contributed by atoms with van der Waals surface area (Å²) in [6.07, 6.45) is 3.61. The van der Waals surface area contributed by atoms with E-state index in [1.54, 1.807) is 29.3 Å². The van der Waals surface area contributed by atoms with Gasteiger partial charge in [0.15, 0.2) is 0 Å². The number of hydrogen-bond donors (Lipinski definition) is 0. The molecule has 136 valence electrons. The number of hydrogen-bond acceptors (Lipinski definition) is 4. The fourth-order valence-corrected chi connectivity index (χ4v) is 4.04. The summed E-state index contributed by atoms with van der Waals surface area (Å²) in [5.41, 5.74) is 1.30. The zero-order chi connectivity index (χ0) is 18.8. The number of aromatic nitrogens is 2. The number of carbonyl (C=O) groups excluding carboxylic acids is 1. The molecule has 3 heterocycles. The highest BCUT2D eigenvalue weighted by molar-refractivity contribution is 7.20. The van der Waals surface area contributed by atoms with E-state index in [2.05, 4.69) is 11.9 Å². The standard InChI is InChI=1S/C21H19N3O2S/c1-2-3-12-23(15-9-5-4-6-10-15)21(26)17-14-16-19(27-17)22-18-11-7-8-13-24(18)20(16)25/h4-11,13-14H,2-3,12H2,1H3. The van der Waals surface area contributed by atoms with Gasteiger partial charge < -0.3 is 4.90 Å². The summed E-state index contributed by atoms with van der Waals surface area (Å²) in [6, 6.07) is 16.8. The first-order valence-corrected chi connectivity index (χ1v) is 9.78. The molecule has 0 radical (unpaired) electrons. The lowest BCUT2D eigenvalue weighted by Crippen LogP contribution is -2.31. The maximum atomic E-state index is 13.2. The van der Waals surface area contributed by atoms with Gasteiger partial charge >= 0.3 is 0 Å². The van der Waals surface area contributed by atoms with E-state index >= 15 is 0 Å². The average Bonchev–Trinajstić information content (AvgIpc) is 3.13. The highest BCUT2D eigenvalue weighted by Gasteiger charge is 2.21. The van der Waals surface area contributed by atoms with Crippen molar-refractivity contribution in [2.24, 2.45) is 0 Å². The molecule has 0 N–H and O–H groups in total. The fraction of sp³-hybridized carbons (Fsp3) is 0.190. The smallest absolute Gasteiger partial charge is 0.268 e. The molecular formula is C21H19N3O2S. The Hall–Kier alpha value is -2.99. The van der Waals surface area contributed by atoms with Crippen molar-refractivity contribution in [1.29, 1.82) is 0 Å². The van der Waals surface area contributed by atoms with E-state index in [4.69, 9.17) is 0 Å². The van der Waals surface area contributed by atoms with E-state index in [1.807, 2.05) is 36.4 Å². The van der Waals surface area contributed by atoms with Crippen LogP contribution >= 0.6 is 11.3 Å². The van der Waals surface area contributed by atoms with Crippen molar-refractivity contribution < 1.29 is 4.79 Å². The normalized spacial score (nSPS) is 11.1. The van der Waals surface area contributed by atoms with Crippen LogP contribution in [0.15, 0.2) is 65.6 Å². The summed E-state index contributed by atoms with van der Waals surface area (Å²) in [5, 5.41) is 0.482. The van der Waals surface area contributed by atoms with Gasteiger partial charge in [-0.25, -0.2) is 4.98 Å². The Morgan fingerprint density at radius 1 is 1.15 bits per heavy atom. The van der Waals surface area contributed by atoms with Crippen molar-refractivity contribution in [2.75, 3.05) is 11.4 Å². The van der Waals surface area contributed by atoms with Crippen molar-refractivity contribution in [3.8, 4) is 0 Å². The molecule has 6 heteroatoms. The van der Waals surface area contributed by atoms with Crippen molar-refractivity contribution in [2.45, 2.75) is 19.8 Å². The highest BCUT2D eigenvalue weighted by Crippen LogP contribution is 2.26. The monoisotopic (exact) mass is 377 g/mol. The number of thiophene rings is 1. The van der Waals surface area contributed by atoms with Crippen LogP contribution in [0.3, 0.4) is 0 Å². The molecule has 4 aromatic rings. The van der Waals surface area contributed by atoms with Gasteiger partial charge in [-0.3, -0.25) is 14.0 Å². The van der Waals surface area contributed by atoms with Gasteiger partial charge in [0.1, 0.15) is 10.5 Å². The summed E-state index contributed by atoms with van der Waals surface area (Å²) in [4.78, 5) is 33.4. The summed E-state index contributed by atoms with van der Waals surface area (Å²) in [5.74, 6) is -0.0916. The molecule has 27 heavy (non-hydrogen) atoms. The van der Waals surface area contributed by atoms with Crippen LogP contribution in [0.2, 0.25) is 0 Å². The average molecular weight is 377 g/mol. The molecule has 1 amide bonds. The minimum Gasteiger partial charge on any atom is -0.308 e. The van der Waals surface area contributed by atoms with E-state index in [0.29, 0.717) is 27.3 Å². The molecule has 0 fully saturated rings. The predicted octanol–water partition coefficient (Wildman–Crippen LogP) is 4.36. The second kappa shape index (κ2) is 7.32. The minimum absolute atomic E-state index is 0.0916. The fourth-order valence-electron chi connectivity index (χ4n) is 3.06. The molecule has 3 aromatic heterocycles. The first kappa shape index (κ1) is 17.4. The number of unbranched alkanes of at least 4 members (excludes halogenated alkanes) is 1. The van der Waals surface area contributed by atoms with Crippen LogP contribution in [0.1, 0.15) is 29.4 Å². The molecular weight excluding hydrogens is 358 g/mol. The zero-order valence-corrected chi connectivity index (χ0v) is 15.8. The number of fused-ring (bicyclic) bond motifs is 2. The van der Waals surface area contributed by atoms with E-state index in [-0.39, 0.29) is 11.5 Å². The van der Waals surface area contributed by atoms with Crippen LogP contribution in [0.25, 0.3) is 15.9 Å². The molecule has 0 atom stereocenters. The van der Waals surface area contributed by atoms with Gasteiger partial charge in [0.05, 0.1) is 10.3 Å². The summed E-state index contributed by atoms with van der Waals surface area (Å²) in [7, 11) is 0. The Bertz CT molecular complexity index is 1160. The van der Waals surface area contributed by atoms with Gasteiger partial charge in [-0.15, -0.1) is 11.3 Å². The maximum Gasteiger partial charge on any atom is 0.268 e. The molecule has 5 nitrogen and oxygen atoms in total. The topological polar surface area (TPSA) is 54.7 Å². The number of carbonyl (C=O) groups is 1. The molecule has 0 aliphatic rings. The number of pyridine rings is 1. The SMILES string of the molecule is CCCCN(C(=O)c1cc2c(=O)n3ccccc3nc2s1)c1ccccc1. The number of anilines is 1. The lowest BCUT2D eigenvalue weighted by molar-refractivity contribution is 0.0990. The molecule has 4 rings (SSSR count). The van der Waals surface area contributed by atoms with E-state index in [0.717, 1.165) is 18.5 Å². The van der Waals surface area contributed by atoms with E-state index in [1.165, 1.54) is 15.7 Å². The second-order valence-corrected chi connectivity index (χ2v) is 7.35. The lowest BCUT2D eigenvalue weighted by atomic mass is 10.2. The van der Waals surface area contributed by atoms with Crippen LogP contribution in [0.5, 0.6) is 0 Å². The van der Waals surface area contributed by atoms with Gasteiger partial charge in [-0.2, -0.15) is 0 Å². The van der Waals surface area contributed by atoms with E-state index < -0.39 is 0 Å². The van der Waals surface area contributed by atoms with Gasteiger partial charge in [0.25, 0.3) is 11.5 Å². The Kier molecular flexibility index (Phi) is 4.73. The van der Waals surface area contributed by atoms with Crippen molar-refractivity contribution in [3.63, 3.8) is 0 Å².